The van der Waals surface area contributed by atoms with Crippen LogP contribution in [0.2, 0.25) is 0 Å². The molecule has 0 bridgehead atoms. The quantitative estimate of drug-likeness (QED) is 0.538. The van der Waals surface area contributed by atoms with Crippen LogP contribution >= 0.6 is 0 Å². The molecule has 1 N–H and O–H groups in total. The monoisotopic (exact) mass is 205 g/mol. The van der Waals surface area contributed by atoms with Crippen molar-refractivity contribution in [2.45, 2.75) is 19.4 Å². The van der Waals surface area contributed by atoms with Crippen LogP contribution in [-0.4, -0.2) is 33.7 Å². The van der Waals surface area contributed by atoms with Gasteiger partial charge in [0.05, 0.1) is 24.7 Å². The van der Waals surface area contributed by atoms with E-state index in [2.05, 4.69) is 10.2 Å². The molecule has 0 unspecified atom stereocenters. The van der Waals surface area contributed by atoms with E-state index in [-0.39, 0.29) is 5.75 Å². The zero-order valence-corrected chi connectivity index (χ0v) is 7.81. The first-order valence-electron chi connectivity index (χ1n) is 3.87. The Labute approximate surface area is 76.3 Å². The number of unbranched alkanes of at least 4 members (excludes halogenated alkanes) is 1. The number of aryl methyl sites for hydroxylation is 1. The van der Waals surface area contributed by atoms with E-state index in [1.54, 1.807) is 12.4 Å². The maximum Gasteiger partial charge on any atom is 0.264 e. The van der Waals surface area contributed by atoms with Crippen molar-refractivity contribution >= 4 is 10.1 Å². The summed E-state index contributed by atoms with van der Waals surface area (Å²) in [6.07, 6.45) is 4.17. The highest BCUT2D eigenvalue weighted by Crippen LogP contribution is 1.95. The Bertz CT molecular complexity index is 332. The molecule has 1 aromatic rings. The van der Waals surface area contributed by atoms with Gasteiger partial charge in [0, 0.05) is 0 Å². The average molecular weight is 205 g/mol. The van der Waals surface area contributed by atoms with E-state index < -0.39 is 10.1 Å². The van der Waals surface area contributed by atoms with Crippen LogP contribution in [0, 0.1) is 0 Å². The molecule has 0 fully saturated rings. The zero-order valence-electron chi connectivity index (χ0n) is 7.00. The van der Waals surface area contributed by atoms with Crippen LogP contribution in [0.1, 0.15) is 12.8 Å². The standard InChI is InChI=1S/C6H11N3O3S/c10-13(11,12)6-2-1-5-9-7-3-4-8-9/h3-4H,1-2,5-6H2,(H,10,11,12). The van der Waals surface area contributed by atoms with Crippen molar-refractivity contribution < 1.29 is 13.0 Å². The zero-order chi connectivity index (χ0) is 9.73. The number of hydrogen-bond donors (Lipinski definition) is 1. The lowest BCUT2D eigenvalue weighted by Crippen LogP contribution is -2.07. The summed E-state index contributed by atoms with van der Waals surface area (Å²) in [5.41, 5.74) is 0. The summed E-state index contributed by atoms with van der Waals surface area (Å²) in [4.78, 5) is 1.48. The Morgan fingerprint density at radius 1 is 1.23 bits per heavy atom. The second-order valence-electron chi connectivity index (χ2n) is 2.62. The summed E-state index contributed by atoms with van der Waals surface area (Å²) >= 11 is 0. The van der Waals surface area contributed by atoms with Gasteiger partial charge in [-0.1, -0.05) is 0 Å². The van der Waals surface area contributed by atoms with Crippen molar-refractivity contribution in [3.05, 3.63) is 12.4 Å². The van der Waals surface area contributed by atoms with Gasteiger partial charge in [-0.05, 0) is 12.8 Å². The van der Waals surface area contributed by atoms with Crippen LogP contribution in [0.3, 0.4) is 0 Å². The first kappa shape index (κ1) is 10.1. The van der Waals surface area contributed by atoms with E-state index in [1.165, 1.54) is 4.80 Å². The van der Waals surface area contributed by atoms with E-state index in [1.807, 2.05) is 0 Å². The molecule has 0 aliphatic heterocycles. The topological polar surface area (TPSA) is 85.1 Å². The Morgan fingerprint density at radius 2 is 1.85 bits per heavy atom. The third kappa shape index (κ3) is 4.58. The molecule has 0 amide bonds. The molecule has 0 saturated carbocycles. The van der Waals surface area contributed by atoms with Gasteiger partial charge in [-0.2, -0.15) is 23.4 Å². The van der Waals surface area contributed by atoms with Crippen molar-refractivity contribution in [2.75, 3.05) is 5.75 Å². The Balaban J connectivity index is 2.16. The SMILES string of the molecule is O=S(=O)(O)CCCCn1nccn1. The van der Waals surface area contributed by atoms with E-state index in [0.717, 1.165) is 0 Å². The van der Waals surface area contributed by atoms with Crippen LogP contribution in [0.4, 0.5) is 0 Å². The van der Waals surface area contributed by atoms with E-state index in [9.17, 15) is 8.42 Å². The first-order chi connectivity index (χ1) is 6.08. The fourth-order valence-corrected chi connectivity index (χ4v) is 1.47. The molecule has 7 heteroatoms. The normalized spacial score (nSPS) is 11.8. The molecular weight excluding hydrogens is 194 g/mol. The Morgan fingerprint density at radius 3 is 2.38 bits per heavy atom. The van der Waals surface area contributed by atoms with Crippen LogP contribution in [0.5, 0.6) is 0 Å². The molecule has 0 radical (unpaired) electrons. The van der Waals surface area contributed by atoms with Gasteiger partial charge in [0.1, 0.15) is 0 Å². The second-order valence-corrected chi connectivity index (χ2v) is 4.19. The summed E-state index contributed by atoms with van der Waals surface area (Å²) in [7, 11) is -3.82. The highest BCUT2D eigenvalue weighted by molar-refractivity contribution is 7.85. The third-order valence-corrected chi connectivity index (χ3v) is 2.28. The first-order valence-corrected chi connectivity index (χ1v) is 5.48. The highest BCUT2D eigenvalue weighted by atomic mass is 32.2. The van der Waals surface area contributed by atoms with E-state index in [4.69, 9.17) is 4.55 Å². The summed E-state index contributed by atoms with van der Waals surface area (Å²) in [5.74, 6) is -0.200. The fourth-order valence-electron chi connectivity index (χ4n) is 0.897. The number of rotatable bonds is 5. The molecule has 0 aromatic carbocycles. The Hall–Kier alpha value is -0.950. The summed E-state index contributed by atoms with van der Waals surface area (Å²) in [5, 5.41) is 7.69. The molecule has 0 atom stereocenters. The van der Waals surface area contributed by atoms with Gasteiger partial charge in [0.25, 0.3) is 10.1 Å². The van der Waals surface area contributed by atoms with Gasteiger partial charge in [-0.3, -0.25) is 4.55 Å². The molecule has 0 aliphatic rings. The molecule has 1 aromatic heterocycles. The maximum atomic E-state index is 10.3. The number of nitrogens with zero attached hydrogens (tertiary/aromatic N) is 3. The van der Waals surface area contributed by atoms with Crippen LogP contribution in [0.15, 0.2) is 12.4 Å². The second kappa shape index (κ2) is 4.33. The van der Waals surface area contributed by atoms with Crippen molar-refractivity contribution in [3.63, 3.8) is 0 Å². The largest absolute Gasteiger partial charge is 0.286 e. The molecule has 6 nitrogen and oxygen atoms in total. The van der Waals surface area contributed by atoms with E-state index >= 15 is 0 Å². The van der Waals surface area contributed by atoms with Crippen molar-refractivity contribution in [1.29, 1.82) is 0 Å². The molecule has 0 spiro atoms. The molecule has 0 saturated heterocycles. The highest BCUT2D eigenvalue weighted by Gasteiger charge is 2.03. The molecule has 1 heterocycles. The van der Waals surface area contributed by atoms with Crippen LogP contribution in [-0.2, 0) is 16.7 Å². The van der Waals surface area contributed by atoms with Crippen molar-refractivity contribution in [2.24, 2.45) is 0 Å². The lowest BCUT2D eigenvalue weighted by Gasteiger charge is -1.98. The molecule has 0 aliphatic carbocycles. The van der Waals surface area contributed by atoms with Gasteiger partial charge in [0.2, 0.25) is 0 Å². The average Bonchev–Trinajstić information content (AvgIpc) is 2.48. The van der Waals surface area contributed by atoms with Crippen molar-refractivity contribution in [1.82, 2.24) is 15.0 Å². The summed E-state index contributed by atoms with van der Waals surface area (Å²) < 4.78 is 29.0. The van der Waals surface area contributed by atoms with Crippen LogP contribution < -0.4 is 0 Å². The van der Waals surface area contributed by atoms with Crippen LogP contribution in [0.25, 0.3) is 0 Å². The lowest BCUT2D eigenvalue weighted by atomic mass is 10.3. The molecule has 1 rings (SSSR count). The maximum absolute atomic E-state index is 10.3. The third-order valence-electron chi connectivity index (χ3n) is 1.48. The summed E-state index contributed by atoms with van der Waals surface area (Å²) in [6.45, 7) is 0.572. The van der Waals surface area contributed by atoms with Crippen molar-refractivity contribution in [3.8, 4) is 0 Å². The fraction of sp³-hybridized carbons (Fsp3) is 0.667. The molecule has 74 valence electrons. The van der Waals surface area contributed by atoms with Gasteiger partial charge >= 0.3 is 0 Å². The minimum Gasteiger partial charge on any atom is -0.286 e. The van der Waals surface area contributed by atoms with Gasteiger partial charge in [-0.15, -0.1) is 0 Å². The van der Waals surface area contributed by atoms with Gasteiger partial charge < -0.3 is 0 Å². The number of aromatic nitrogens is 3. The summed E-state index contributed by atoms with van der Waals surface area (Å²) in [6, 6.07) is 0. The minimum absolute atomic E-state index is 0.200. The van der Waals surface area contributed by atoms with E-state index in [0.29, 0.717) is 19.4 Å². The molecule has 13 heavy (non-hydrogen) atoms. The lowest BCUT2D eigenvalue weighted by molar-refractivity contribution is 0.470. The smallest absolute Gasteiger partial charge is 0.264 e. The predicted octanol–water partition coefficient (Wildman–Crippen LogP) is -0.0539. The van der Waals surface area contributed by atoms with Gasteiger partial charge in [0.15, 0.2) is 0 Å². The predicted molar refractivity (Wildman–Crippen MR) is 45.7 cm³/mol. The number of hydrogen-bond acceptors (Lipinski definition) is 4. The molecular formula is C6H11N3O3S. The Kier molecular flexibility index (Phi) is 3.38. The minimum atomic E-state index is -3.82. The van der Waals surface area contributed by atoms with Gasteiger partial charge in [-0.25, -0.2) is 0 Å².